The van der Waals surface area contributed by atoms with Crippen molar-refractivity contribution < 1.29 is 4.79 Å². The minimum atomic E-state index is 0.201. The van der Waals surface area contributed by atoms with Crippen molar-refractivity contribution in [2.45, 2.75) is 12.8 Å². The second-order valence-electron chi connectivity index (χ2n) is 3.05. The van der Waals surface area contributed by atoms with E-state index in [0.29, 0.717) is 12.8 Å². The summed E-state index contributed by atoms with van der Waals surface area (Å²) in [6.45, 7) is 3.52. The van der Waals surface area contributed by atoms with Gasteiger partial charge >= 0.3 is 0 Å². The van der Waals surface area contributed by atoms with Crippen molar-refractivity contribution in [2.75, 3.05) is 0 Å². The molecule has 0 bridgehead atoms. The fraction of sp³-hybridized carbons (Fsp3) is 0.154. The third-order valence-electron chi connectivity index (χ3n) is 1.83. The van der Waals surface area contributed by atoms with Gasteiger partial charge in [0.1, 0.15) is 5.78 Å². The first kappa shape index (κ1) is 10.5. The highest BCUT2D eigenvalue weighted by molar-refractivity contribution is 5.81. The van der Waals surface area contributed by atoms with Gasteiger partial charge in [-0.3, -0.25) is 4.79 Å². The normalized spacial score (nSPS) is 10.3. The van der Waals surface area contributed by atoms with Gasteiger partial charge in [0.05, 0.1) is 0 Å². The summed E-state index contributed by atoms with van der Waals surface area (Å²) in [6.07, 6.45) is 6.43. The first-order valence-corrected chi connectivity index (χ1v) is 4.67. The molecule has 0 aliphatic rings. The molecule has 0 N–H and O–H groups in total. The predicted octanol–water partition coefficient (Wildman–Crippen LogP) is 3.24. The fourth-order valence-corrected chi connectivity index (χ4v) is 1.13. The third kappa shape index (κ3) is 3.85. The Morgan fingerprint density at radius 1 is 1.21 bits per heavy atom. The summed E-state index contributed by atoms with van der Waals surface area (Å²) >= 11 is 0. The van der Waals surface area contributed by atoms with Gasteiger partial charge in [-0.2, -0.15) is 0 Å². The molecular weight excluding hydrogens is 172 g/mol. The summed E-state index contributed by atoms with van der Waals surface area (Å²) in [5.41, 5.74) is 1.12. The van der Waals surface area contributed by atoms with E-state index in [1.807, 2.05) is 42.5 Å². The summed E-state index contributed by atoms with van der Waals surface area (Å²) < 4.78 is 0. The zero-order valence-corrected chi connectivity index (χ0v) is 8.15. The van der Waals surface area contributed by atoms with Crippen LogP contribution in [0.5, 0.6) is 0 Å². The Hall–Kier alpha value is -1.63. The zero-order chi connectivity index (χ0) is 10.2. The van der Waals surface area contributed by atoms with Gasteiger partial charge in [-0.05, 0) is 5.56 Å². The van der Waals surface area contributed by atoms with E-state index >= 15 is 0 Å². The van der Waals surface area contributed by atoms with Crippen molar-refractivity contribution in [2.24, 2.45) is 0 Å². The van der Waals surface area contributed by atoms with Crippen molar-refractivity contribution in [3.63, 3.8) is 0 Å². The highest BCUT2D eigenvalue weighted by Crippen LogP contribution is 2.02. The largest absolute Gasteiger partial charge is 0.299 e. The van der Waals surface area contributed by atoms with Crippen LogP contribution < -0.4 is 0 Å². The molecule has 0 saturated carbocycles. The van der Waals surface area contributed by atoms with Crippen LogP contribution in [0, 0.1) is 0 Å². The number of rotatable bonds is 5. The second kappa shape index (κ2) is 5.92. The van der Waals surface area contributed by atoms with E-state index in [1.165, 1.54) is 0 Å². The molecule has 0 saturated heterocycles. The lowest BCUT2D eigenvalue weighted by Crippen LogP contribution is -1.91. The minimum Gasteiger partial charge on any atom is -0.299 e. The molecule has 0 unspecified atom stereocenters. The van der Waals surface area contributed by atoms with Crippen LogP contribution >= 0.6 is 0 Å². The van der Waals surface area contributed by atoms with Gasteiger partial charge in [0, 0.05) is 12.8 Å². The minimum absolute atomic E-state index is 0.201. The Kier molecular flexibility index (Phi) is 4.42. The molecule has 72 valence electrons. The van der Waals surface area contributed by atoms with Crippen LogP contribution in [0.3, 0.4) is 0 Å². The zero-order valence-electron chi connectivity index (χ0n) is 8.15. The van der Waals surface area contributed by atoms with Gasteiger partial charge in [0.2, 0.25) is 0 Å². The highest BCUT2D eigenvalue weighted by Gasteiger charge is 1.93. The first-order chi connectivity index (χ1) is 6.83. The third-order valence-corrected chi connectivity index (χ3v) is 1.83. The van der Waals surface area contributed by atoms with E-state index in [-0.39, 0.29) is 5.78 Å². The molecule has 1 heteroatoms. The molecular formula is C13H14O. The molecule has 0 radical (unpaired) electrons. The Bertz CT molecular complexity index is 322. The standard InChI is InChI=1S/C13H14O/c1-2-7-13(14)11-6-10-12-8-4-3-5-9-12/h2-6,8-10H,1,7,11H2. The molecule has 1 aromatic carbocycles. The average Bonchev–Trinajstić information content (AvgIpc) is 2.20. The summed E-state index contributed by atoms with van der Waals surface area (Å²) in [5, 5.41) is 0. The first-order valence-electron chi connectivity index (χ1n) is 4.67. The van der Waals surface area contributed by atoms with Crippen molar-refractivity contribution in [3.05, 3.63) is 54.6 Å². The van der Waals surface area contributed by atoms with Gasteiger partial charge in [0.25, 0.3) is 0 Å². The number of hydrogen-bond acceptors (Lipinski definition) is 1. The van der Waals surface area contributed by atoms with Crippen LogP contribution in [0.2, 0.25) is 0 Å². The molecule has 0 atom stereocenters. The maximum atomic E-state index is 11.1. The lowest BCUT2D eigenvalue weighted by molar-refractivity contribution is -0.117. The van der Waals surface area contributed by atoms with Gasteiger partial charge in [-0.15, -0.1) is 6.58 Å². The van der Waals surface area contributed by atoms with E-state index < -0.39 is 0 Å². The number of benzene rings is 1. The van der Waals surface area contributed by atoms with Crippen molar-refractivity contribution in [1.29, 1.82) is 0 Å². The van der Waals surface area contributed by atoms with E-state index in [9.17, 15) is 4.79 Å². The lowest BCUT2D eigenvalue weighted by atomic mass is 10.1. The van der Waals surface area contributed by atoms with E-state index in [2.05, 4.69) is 6.58 Å². The van der Waals surface area contributed by atoms with Crippen LogP contribution in [0.4, 0.5) is 0 Å². The van der Waals surface area contributed by atoms with Crippen molar-refractivity contribution in [3.8, 4) is 0 Å². The monoisotopic (exact) mass is 186 g/mol. The van der Waals surface area contributed by atoms with Gasteiger partial charge < -0.3 is 0 Å². The van der Waals surface area contributed by atoms with Crippen molar-refractivity contribution in [1.82, 2.24) is 0 Å². The van der Waals surface area contributed by atoms with Gasteiger partial charge in [-0.25, -0.2) is 0 Å². The summed E-state index contributed by atoms with van der Waals surface area (Å²) in [5.74, 6) is 0.201. The molecule has 1 nitrogen and oxygen atoms in total. The molecule has 0 spiro atoms. The van der Waals surface area contributed by atoms with Crippen LogP contribution in [-0.4, -0.2) is 5.78 Å². The molecule has 0 aliphatic carbocycles. The maximum Gasteiger partial charge on any atom is 0.140 e. The molecule has 0 fully saturated rings. The molecule has 0 amide bonds. The quantitative estimate of drug-likeness (QED) is 0.645. The number of Topliss-reactive ketones (excluding diaryl/α,β-unsaturated/α-hetero) is 1. The van der Waals surface area contributed by atoms with Gasteiger partial charge in [-0.1, -0.05) is 48.6 Å². The average molecular weight is 186 g/mol. The Morgan fingerprint density at radius 3 is 2.57 bits per heavy atom. The smallest absolute Gasteiger partial charge is 0.140 e. The van der Waals surface area contributed by atoms with Crippen LogP contribution in [0.15, 0.2) is 49.1 Å². The summed E-state index contributed by atoms with van der Waals surface area (Å²) in [4.78, 5) is 11.1. The Morgan fingerprint density at radius 2 is 1.93 bits per heavy atom. The predicted molar refractivity (Wildman–Crippen MR) is 59.9 cm³/mol. The Balaban J connectivity index is 2.42. The number of allylic oxidation sites excluding steroid dienone is 2. The number of carbonyl (C=O) groups excluding carboxylic acids is 1. The Labute approximate surface area is 84.8 Å². The molecule has 0 aromatic heterocycles. The lowest BCUT2D eigenvalue weighted by Gasteiger charge is -1.91. The van der Waals surface area contributed by atoms with E-state index in [1.54, 1.807) is 6.08 Å². The molecule has 1 rings (SSSR count). The maximum absolute atomic E-state index is 11.1. The second-order valence-corrected chi connectivity index (χ2v) is 3.05. The number of carbonyl (C=O) groups is 1. The summed E-state index contributed by atoms with van der Waals surface area (Å²) in [7, 11) is 0. The topological polar surface area (TPSA) is 17.1 Å². The van der Waals surface area contributed by atoms with Crippen LogP contribution in [0.1, 0.15) is 18.4 Å². The number of ketones is 1. The summed E-state index contributed by atoms with van der Waals surface area (Å²) in [6, 6.07) is 9.94. The van der Waals surface area contributed by atoms with Crippen LogP contribution in [0.25, 0.3) is 6.08 Å². The van der Waals surface area contributed by atoms with E-state index in [0.717, 1.165) is 5.56 Å². The van der Waals surface area contributed by atoms with Crippen LogP contribution in [-0.2, 0) is 4.79 Å². The van der Waals surface area contributed by atoms with Crippen molar-refractivity contribution >= 4 is 11.9 Å². The number of hydrogen-bond donors (Lipinski definition) is 0. The molecule has 14 heavy (non-hydrogen) atoms. The SMILES string of the molecule is C=CCC(=O)CC=Cc1ccccc1. The molecule has 1 aromatic rings. The molecule has 0 heterocycles. The van der Waals surface area contributed by atoms with E-state index in [4.69, 9.17) is 0 Å². The van der Waals surface area contributed by atoms with Gasteiger partial charge in [0.15, 0.2) is 0 Å². The highest BCUT2D eigenvalue weighted by atomic mass is 16.1. The molecule has 0 aliphatic heterocycles. The fourth-order valence-electron chi connectivity index (χ4n) is 1.13.